The molecule has 2 heterocycles. The first-order chi connectivity index (χ1) is 7.75. The molecule has 1 aromatic heterocycles. The van der Waals surface area contributed by atoms with E-state index in [2.05, 4.69) is 24.5 Å². The molecule has 1 atom stereocenters. The number of hydrogen-bond donors (Lipinski definition) is 2. The van der Waals surface area contributed by atoms with Gasteiger partial charge < -0.3 is 15.1 Å². The Bertz CT molecular complexity index is 348. The van der Waals surface area contributed by atoms with Crippen LogP contribution in [0.4, 0.5) is 0 Å². The summed E-state index contributed by atoms with van der Waals surface area (Å²) in [5.74, 6) is 1.05. The molecule has 0 radical (unpaired) electrons. The van der Waals surface area contributed by atoms with Crippen molar-refractivity contribution in [3.05, 3.63) is 35.3 Å². The van der Waals surface area contributed by atoms with E-state index in [0.717, 1.165) is 31.8 Å². The summed E-state index contributed by atoms with van der Waals surface area (Å²) in [6, 6.07) is 4.42. The Morgan fingerprint density at radius 2 is 2.38 bits per heavy atom. The summed E-state index contributed by atoms with van der Waals surface area (Å²) >= 11 is 0. The van der Waals surface area contributed by atoms with E-state index in [4.69, 9.17) is 4.42 Å². The molecule has 1 saturated heterocycles. The molecule has 0 amide bonds. The minimum absolute atomic E-state index is 0.453. The lowest BCUT2D eigenvalue weighted by molar-refractivity contribution is 0.463. The van der Waals surface area contributed by atoms with Gasteiger partial charge in [-0.3, -0.25) is 0 Å². The molecule has 2 rings (SSSR count). The second-order valence-electron chi connectivity index (χ2n) is 4.55. The number of nitrogens with one attached hydrogen (secondary N) is 2. The molecule has 0 aliphatic carbocycles. The molecule has 2 N–H and O–H groups in total. The van der Waals surface area contributed by atoms with Crippen LogP contribution in [-0.2, 0) is 6.42 Å². The Morgan fingerprint density at radius 1 is 1.56 bits per heavy atom. The van der Waals surface area contributed by atoms with Gasteiger partial charge in [-0.25, -0.2) is 0 Å². The van der Waals surface area contributed by atoms with Gasteiger partial charge in [0.2, 0.25) is 0 Å². The van der Waals surface area contributed by atoms with Crippen LogP contribution in [0.3, 0.4) is 0 Å². The second kappa shape index (κ2) is 5.32. The maximum atomic E-state index is 5.33. The van der Waals surface area contributed by atoms with E-state index in [1.165, 1.54) is 5.57 Å². The number of furan rings is 1. The molecule has 0 saturated carbocycles. The summed E-state index contributed by atoms with van der Waals surface area (Å²) < 4.78 is 5.33. The van der Waals surface area contributed by atoms with E-state index in [9.17, 15) is 0 Å². The van der Waals surface area contributed by atoms with Crippen molar-refractivity contribution in [2.45, 2.75) is 26.3 Å². The predicted octanol–water partition coefficient (Wildman–Crippen LogP) is 1.72. The highest BCUT2D eigenvalue weighted by Gasteiger charge is 2.11. The van der Waals surface area contributed by atoms with Gasteiger partial charge in [0.05, 0.1) is 6.26 Å². The summed E-state index contributed by atoms with van der Waals surface area (Å²) in [6.07, 6.45) is 2.68. The van der Waals surface area contributed by atoms with Crippen molar-refractivity contribution in [2.24, 2.45) is 0 Å². The zero-order valence-corrected chi connectivity index (χ0v) is 10.0. The Hall–Kier alpha value is -1.06. The highest BCUT2D eigenvalue weighted by atomic mass is 16.3. The summed E-state index contributed by atoms with van der Waals surface area (Å²) in [5.41, 5.74) is 3.03. The molecule has 1 aliphatic heterocycles. The van der Waals surface area contributed by atoms with Crippen LogP contribution in [0.5, 0.6) is 0 Å². The fourth-order valence-electron chi connectivity index (χ4n) is 1.81. The van der Waals surface area contributed by atoms with Gasteiger partial charge in [-0.05, 0) is 31.6 Å². The Kier molecular flexibility index (Phi) is 3.80. The third-order valence-electron chi connectivity index (χ3n) is 3.08. The van der Waals surface area contributed by atoms with Gasteiger partial charge in [0, 0.05) is 32.1 Å². The minimum Gasteiger partial charge on any atom is -0.469 e. The van der Waals surface area contributed by atoms with Crippen molar-refractivity contribution in [1.82, 2.24) is 10.6 Å². The molecule has 1 aromatic rings. The molecular weight excluding hydrogens is 200 g/mol. The molecular formula is C13H20N2O. The van der Waals surface area contributed by atoms with Crippen LogP contribution in [0, 0.1) is 0 Å². The van der Waals surface area contributed by atoms with Crippen LogP contribution in [0.25, 0.3) is 0 Å². The normalized spacial score (nSPS) is 17.0. The van der Waals surface area contributed by atoms with Crippen molar-refractivity contribution in [3.63, 3.8) is 0 Å². The third kappa shape index (κ3) is 2.97. The van der Waals surface area contributed by atoms with E-state index in [0.29, 0.717) is 6.04 Å². The maximum absolute atomic E-state index is 5.33. The smallest absolute Gasteiger partial charge is 0.105 e. The van der Waals surface area contributed by atoms with E-state index in [1.807, 2.05) is 12.1 Å². The van der Waals surface area contributed by atoms with E-state index in [1.54, 1.807) is 11.8 Å². The Morgan fingerprint density at radius 3 is 2.94 bits per heavy atom. The Balaban J connectivity index is 1.73. The number of rotatable bonds is 5. The van der Waals surface area contributed by atoms with E-state index < -0.39 is 0 Å². The fraction of sp³-hybridized carbons (Fsp3) is 0.538. The van der Waals surface area contributed by atoms with Crippen LogP contribution in [-0.4, -0.2) is 25.7 Å². The molecule has 1 aliphatic rings. The summed E-state index contributed by atoms with van der Waals surface area (Å²) in [5, 5.41) is 6.79. The zero-order valence-electron chi connectivity index (χ0n) is 10.0. The van der Waals surface area contributed by atoms with Crippen LogP contribution >= 0.6 is 0 Å². The first-order valence-corrected chi connectivity index (χ1v) is 5.89. The average Bonchev–Trinajstić information content (AvgIpc) is 2.64. The molecule has 3 heteroatoms. The van der Waals surface area contributed by atoms with Gasteiger partial charge in [-0.15, -0.1) is 0 Å². The second-order valence-corrected chi connectivity index (χ2v) is 4.55. The first-order valence-electron chi connectivity index (χ1n) is 5.89. The fourth-order valence-corrected chi connectivity index (χ4v) is 1.81. The van der Waals surface area contributed by atoms with Gasteiger partial charge in [-0.2, -0.15) is 0 Å². The van der Waals surface area contributed by atoms with Crippen LogP contribution < -0.4 is 10.6 Å². The number of hydrogen-bond acceptors (Lipinski definition) is 3. The summed E-state index contributed by atoms with van der Waals surface area (Å²) in [7, 11) is 0. The molecule has 0 aromatic carbocycles. The molecule has 88 valence electrons. The largest absolute Gasteiger partial charge is 0.469 e. The summed E-state index contributed by atoms with van der Waals surface area (Å²) in [6.45, 7) is 7.53. The van der Waals surface area contributed by atoms with Crippen molar-refractivity contribution in [1.29, 1.82) is 0 Å². The molecule has 0 spiro atoms. The van der Waals surface area contributed by atoms with Crippen LogP contribution in [0.15, 0.2) is 34.0 Å². The van der Waals surface area contributed by atoms with Crippen molar-refractivity contribution >= 4 is 0 Å². The van der Waals surface area contributed by atoms with Gasteiger partial charge in [0.25, 0.3) is 0 Å². The zero-order chi connectivity index (χ0) is 11.4. The molecule has 1 unspecified atom stereocenters. The predicted molar refractivity (Wildman–Crippen MR) is 65.4 cm³/mol. The highest BCUT2D eigenvalue weighted by molar-refractivity contribution is 5.22. The lowest BCUT2D eigenvalue weighted by atomic mass is 10.0. The van der Waals surface area contributed by atoms with Gasteiger partial charge in [0.1, 0.15) is 5.76 Å². The first kappa shape index (κ1) is 11.4. The van der Waals surface area contributed by atoms with Gasteiger partial charge >= 0.3 is 0 Å². The van der Waals surface area contributed by atoms with Gasteiger partial charge in [-0.1, -0.05) is 5.57 Å². The molecule has 3 nitrogen and oxygen atoms in total. The van der Waals surface area contributed by atoms with Crippen molar-refractivity contribution < 1.29 is 4.42 Å². The topological polar surface area (TPSA) is 37.2 Å². The minimum atomic E-state index is 0.453. The monoisotopic (exact) mass is 220 g/mol. The lowest BCUT2D eigenvalue weighted by Gasteiger charge is -2.23. The maximum Gasteiger partial charge on any atom is 0.105 e. The Labute approximate surface area is 96.9 Å². The van der Waals surface area contributed by atoms with E-state index in [-0.39, 0.29) is 0 Å². The third-order valence-corrected chi connectivity index (χ3v) is 3.08. The highest BCUT2D eigenvalue weighted by Crippen LogP contribution is 2.08. The SMILES string of the molecule is CC(CNC(C)Cc1ccco1)=C1CNC1. The standard InChI is InChI=1S/C13H20N2O/c1-10(12-8-14-9-12)7-15-11(2)6-13-4-3-5-16-13/h3-5,11,14-15H,6-9H2,1-2H3. The lowest BCUT2D eigenvalue weighted by Crippen LogP contribution is -2.37. The van der Waals surface area contributed by atoms with E-state index >= 15 is 0 Å². The molecule has 0 bridgehead atoms. The quantitative estimate of drug-likeness (QED) is 0.742. The molecule has 1 fully saturated rings. The van der Waals surface area contributed by atoms with Gasteiger partial charge in [0.15, 0.2) is 0 Å². The van der Waals surface area contributed by atoms with Crippen LogP contribution in [0.2, 0.25) is 0 Å². The average molecular weight is 220 g/mol. The van der Waals surface area contributed by atoms with Crippen molar-refractivity contribution in [3.8, 4) is 0 Å². The van der Waals surface area contributed by atoms with Crippen LogP contribution in [0.1, 0.15) is 19.6 Å². The summed E-state index contributed by atoms with van der Waals surface area (Å²) in [4.78, 5) is 0. The van der Waals surface area contributed by atoms with Crippen molar-refractivity contribution in [2.75, 3.05) is 19.6 Å². The molecule has 16 heavy (non-hydrogen) atoms.